The van der Waals surface area contributed by atoms with Gasteiger partial charge in [-0.2, -0.15) is 5.26 Å². The summed E-state index contributed by atoms with van der Waals surface area (Å²) in [7, 11) is 0. The van der Waals surface area contributed by atoms with E-state index >= 15 is 0 Å². The summed E-state index contributed by atoms with van der Waals surface area (Å²) < 4.78 is 0. The van der Waals surface area contributed by atoms with Gasteiger partial charge in [-0.1, -0.05) is 168 Å². The molecule has 0 spiro atoms. The molecule has 2 aliphatic rings. The Hall–Kier alpha value is -7.08. The van der Waals surface area contributed by atoms with Crippen LogP contribution < -0.4 is 26.2 Å². The van der Waals surface area contributed by atoms with E-state index in [1.807, 2.05) is 12.1 Å². The molecule has 67 heavy (non-hydrogen) atoms. The molecule has 0 fully saturated rings. The van der Waals surface area contributed by atoms with Crippen LogP contribution in [0.15, 0.2) is 140 Å². The van der Waals surface area contributed by atoms with Crippen LogP contribution in [0.3, 0.4) is 0 Å². The predicted molar refractivity (Wildman–Crippen MR) is 287 cm³/mol. The van der Waals surface area contributed by atoms with Gasteiger partial charge in [-0.15, -0.1) is 0 Å². The van der Waals surface area contributed by atoms with Crippen LogP contribution in [0, 0.1) is 17.9 Å². The Kier molecular flexibility index (Phi) is 9.96. The van der Waals surface area contributed by atoms with E-state index in [0.717, 1.165) is 33.9 Å². The second-order valence-electron chi connectivity index (χ2n) is 23.0. The maximum absolute atomic E-state index is 10.4. The monoisotopic (exact) mass is 870 g/mol. The van der Waals surface area contributed by atoms with Gasteiger partial charge in [0.1, 0.15) is 0 Å². The van der Waals surface area contributed by atoms with Crippen molar-refractivity contribution in [2.75, 3.05) is 9.80 Å². The average molecular weight is 871 g/mol. The van der Waals surface area contributed by atoms with Crippen molar-refractivity contribution in [3.8, 4) is 17.2 Å². The molecule has 5 heteroatoms. The van der Waals surface area contributed by atoms with Crippen molar-refractivity contribution < 1.29 is 0 Å². The van der Waals surface area contributed by atoms with Crippen LogP contribution >= 0.6 is 0 Å². The fraction of sp³-hybridized carbons (Fsp3) is 0.258. The van der Waals surface area contributed by atoms with Gasteiger partial charge < -0.3 is 9.80 Å². The van der Waals surface area contributed by atoms with Crippen LogP contribution in [0.4, 0.5) is 39.8 Å². The molecular formula is C62H59BN4. The quantitative estimate of drug-likeness (QED) is 0.131. The zero-order chi connectivity index (χ0) is 47.5. The van der Waals surface area contributed by atoms with Gasteiger partial charge >= 0.3 is 0 Å². The molecule has 4 nitrogen and oxygen atoms in total. The highest BCUT2D eigenvalue weighted by Crippen LogP contribution is 2.51. The maximum Gasteiger partial charge on any atom is 0.252 e. The number of hydrogen-bond acceptors (Lipinski definition) is 3. The fourth-order valence-electron chi connectivity index (χ4n) is 10.3. The number of rotatable bonds is 3. The Balaban J connectivity index is 1.43. The third kappa shape index (κ3) is 7.37. The topological polar surface area (TPSA) is 34.6 Å². The van der Waals surface area contributed by atoms with Crippen molar-refractivity contribution in [3.05, 3.63) is 179 Å². The van der Waals surface area contributed by atoms with Crippen molar-refractivity contribution in [1.82, 2.24) is 0 Å². The van der Waals surface area contributed by atoms with Crippen molar-refractivity contribution in [3.63, 3.8) is 0 Å². The second kappa shape index (κ2) is 15.2. The number of fused-ring (bicyclic) bond motifs is 8. The van der Waals surface area contributed by atoms with Gasteiger partial charge in [0.05, 0.1) is 12.6 Å². The Labute approximate surface area is 398 Å². The number of nitriles is 1. The van der Waals surface area contributed by atoms with Gasteiger partial charge in [0, 0.05) is 50.5 Å². The minimum atomic E-state index is -0.120. The van der Waals surface area contributed by atoms with E-state index in [4.69, 9.17) is 6.57 Å². The summed E-state index contributed by atoms with van der Waals surface area (Å²) in [6, 6.07) is 54.2. The van der Waals surface area contributed by atoms with Crippen LogP contribution in [0.2, 0.25) is 0 Å². The molecule has 0 bridgehead atoms. The van der Waals surface area contributed by atoms with Gasteiger partial charge in [0.15, 0.2) is 5.69 Å². The molecule has 8 aromatic rings. The third-order valence-electron chi connectivity index (χ3n) is 14.2. The van der Waals surface area contributed by atoms with Crippen LogP contribution in [0.25, 0.3) is 37.5 Å². The summed E-state index contributed by atoms with van der Waals surface area (Å²) in [4.78, 5) is 8.99. The molecule has 2 aliphatic heterocycles. The van der Waals surface area contributed by atoms with Crippen LogP contribution in [0.1, 0.15) is 111 Å². The molecule has 0 atom stereocenters. The largest absolute Gasteiger partial charge is 0.311 e. The van der Waals surface area contributed by atoms with Gasteiger partial charge in [-0.3, -0.25) is 0 Å². The Bertz CT molecular complexity index is 3160. The van der Waals surface area contributed by atoms with Gasteiger partial charge in [-0.05, 0) is 137 Å². The predicted octanol–water partition coefficient (Wildman–Crippen LogP) is 15.4. The summed E-state index contributed by atoms with van der Waals surface area (Å²) in [5, 5.41) is 15.1. The maximum atomic E-state index is 10.4. The van der Waals surface area contributed by atoms with Gasteiger partial charge in [0.2, 0.25) is 0 Å². The van der Waals surface area contributed by atoms with E-state index in [9.17, 15) is 5.26 Å². The lowest BCUT2D eigenvalue weighted by molar-refractivity contribution is 0.568. The Morgan fingerprint density at radius 1 is 0.478 bits per heavy atom. The average Bonchev–Trinajstić information content (AvgIpc) is 3.29. The SMILES string of the molecule is [C-]#[N+]c1cc(C#N)cc(-c2cc3c4c(c2)N(c2cc(C(C)(C)C)cc(C(C)(C)C)c2)c2c(ccc5ccccc25)B4c2ccc4ccccc4c2N3c2cc(C(C)(C)C)cc(C(C)(C)C)c2)c1. The van der Waals surface area contributed by atoms with Crippen molar-refractivity contribution in [2.45, 2.75) is 105 Å². The summed E-state index contributed by atoms with van der Waals surface area (Å²) in [5.41, 5.74) is 17.8. The van der Waals surface area contributed by atoms with E-state index in [1.165, 1.54) is 71.6 Å². The minimum Gasteiger partial charge on any atom is -0.311 e. The third-order valence-corrected chi connectivity index (χ3v) is 14.2. The summed E-state index contributed by atoms with van der Waals surface area (Å²) in [6.45, 7) is 35.7. The van der Waals surface area contributed by atoms with Crippen molar-refractivity contribution in [2.24, 2.45) is 0 Å². The fourth-order valence-corrected chi connectivity index (χ4v) is 10.3. The first-order valence-corrected chi connectivity index (χ1v) is 23.7. The molecule has 0 radical (unpaired) electrons. The van der Waals surface area contributed by atoms with Crippen molar-refractivity contribution >= 4 is 84.5 Å². The lowest BCUT2D eigenvalue weighted by atomic mass is 9.33. The summed E-state index contributed by atoms with van der Waals surface area (Å²) in [6.07, 6.45) is 0. The minimum absolute atomic E-state index is 0.115. The molecule has 0 aromatic heterocycles. The Morgan fingerprint density at radius 3 is 1.27 bits per heavy atom. The van der Waals surface area contributed by atoms with Crippen molar-refractivity contribution in [1.29, 1.82) is 5.26 Å². The lowest BCUT2D eigenvalue weighted by Gasteiger charge is -2.46. The highest BCUT2D eigenvalue weighted by atomic mass is 15.2. The molecule has 8 aromatic carbocycles. The zero-order valence-electron chi connectivity index (χ0n) is 41.1. The van der Waals surface area contributed by atoms with E-state index in [-0.39, 0.29) is 28.4 Å². The standard InChI is InChI=1S/C62H59BN4/c1-59(2,3)43-31-44(60(4,5)6)34-48(33-43)66-54-29-42(41-26-38(37-64)27-47(28-41)65-13)30-55-56(54)63(52-24-22-39-18-14-16-20-50(39)57(52)66)53-25-23-40-19-15-17-21-51(40)58(53)67(55)49-35-45(61(7,8)9)32-46(36-49)62(10,11)12/h14-36H,1-12H3. The highest BCUT2D eigenvalue weighted by Gasteiger charge is 2.45. The van der Waals surface area contributed by atoms with Crippen LogP contribution in [-0.2, 0) is 21.7 Å². The number of benzene rings is 8. The normalized spacial score (nSPS) is 13.6. The van der Waals surface area contributed by atoms with Crippen LogP contribution in [-0.4, -0.2) is 6.71 Å². The molecule has 10 rings (SSSR count). The molecular weight excluding hydrogens is 812 g/mol. The smallest absolute Gasteiger partial charge is 0.252 e. The first-order chi connectivity index (χ1) is 31.6. The second-order valence-corrected chi connectivity index (χ2v) is 23.0. The first kappa shape index (κ1) is 43.8. The number of hydrogen-bond donors (Lipinski definition) is 0. The molecule has 0 saturated carbocycles. The number of nitrogens with zero attached hydrogens (tertiary/aromatic N) is 4. The van der Waals surface area contributed by atoms with E-state index < -0.39 is 0 Å². The van der Waals surface area contributed by atoms with E-state index in [0.29, 0.717) is 11.3 Å². The zero-order valence-corrected chi connectivity index (χ0v) is 41.1. The van der Waals surface area contributed by atoms with Crippen LogP contribution in [0.5, 0.6) is 0 Å². The highest BCUT2D eigenvalue weighted by molar-refractivity contribution is 7.00. The molecule has 2 heterocycles. The molecule has 0 aliphatic carbocycles. The molecule has 0 N–H and O–H groups in total. The van der Waals surface area contributed by atoms with Gasteiger partial charge in [0.25, 0.3) is 6.71 Å². The lowest BCUT2D eigenvalue weighted by Crippen LogP contribution is -2.61. The molecule has 330 valence electrons. The molecule has 0 unspecified atom stereocenters. The summed E-state index contributed by atoms with van der Waals surface area (Å²) >= 11 is 0. The molecule has 0 saturated heterocycles. The van der Waals surface area contributed by atoms with Gasteiger partial charge in [-0.25, -0.2) is 4.85 Å². The van der Waals surface area contributed by atoms with E-state index in [2.05, 4.69) is 225 Å². The van der Waals surface area contributed by atoms with E-state index in [1.54, 1.807) is 6.07 Å². The Morgan fingerprint density at radius 2 is 0.881 bits per heavy atom. The summed E-state index contributed by atoms with van der Waals surface area (Å²) in [5.74, 6) is 0. The molecule has 0 amide bonds. The number of anilines is 6. The first-order valence-electron chi connectivity index (χ1n) is 23.7.